The highest BCUT2D eigenvalue weighted by molar-refractivity contribution is 6.32. The first-order valence-corrected chi connectivity index (χ1v) is 8.25. The second-order valence-corrected chi connectivity index (χ2v) is 6.05. The topological polar surface area (TPSA) is 59.3 Å². The number of carbonyl (C=O) groups is 1. The van der Waals surface area contributed by atoms with Gasteiger partial charge in [-0.1, -0.05) is 29.8 Å². The van der Waals surface area contributed by atoms with Crippen molar-refractivity contribution in [1.82, 2.24) is 15.2 Å². The van der Waals surface area contributed by atoms with Gasteiger partial charge in [0, 0.05) is 5.56 Å². The molecule has 0 atom stereocenters. The van der Waals surface area contributed by atoms with Crippen molar-refractivity contribution >= 4 is 23.7 Å². The minimum Gasteiger partial charge on any atom is -0.267 e. The Hall–Kier alpha value is -2.99. The molecule has 0 fully saturated rings. The van der Waals surface area contributed by atoms with Gasteiger partial charge < -0.3 is 0 Å². The van der Waals surface area contributed by atoms with E-state index in [9.17, 15) is 9.18 Å². The molecule has 3 rings (SSSR count). The monoisotopic (exact) mass is 370 g/mol. The number of rotatable bonds is 4. The number of aryl methyl sites for hydroxylation is 2. The average Bonchev–Trinajstić information content (AvgIpc) is 2.91. The first-order valence-electron chi connectivity index (χ1n) is 7.87. The zero-order chi connectivity index (χ0) is 18.7. The van der Waals surface area contributed by atoms with Gasteiger partial charge in [-0.3, -0.25) is 4.79 Å². The van der Waals surface area contributed by atoms with Crippen LogP contribution < -0.4 is 5.43 Å². The Morgan fingerprint density at radius 3 is 2.58 bits per heavy atom. The highest BCUT2D eigenvalue weighted by atomic mass is 35.5. The Morgan fingerprint density at radius 1 is 1.19 bits per heavy atom. The van der Waals surface area contributed by atoms with E-state index in [1.807, 2.05) is 19.1 Å². The van der Waals surface area contributed by atoms with Gasteiger partial charge in [0.2, 0.25) is 0 Å². The smallest absolute Gasteiger partial charge is 0.267 e. The lowest BCUT2D eigenvalue weighted by molar-refractivity contribution is 0.0954. The van der Waals surface area contributed by atoms with Crippen LogP contribution >= 0.6 is 11.6 Å². The summed E-state index contributed by atoms with van der Waals surface area (Å²) < 4.78 is 14.6. The zero-order valence-electron chi connectivity index (χ0n) is 14.2. The Morgan fingerprint density at radius 2 is 1.88 bits per heavy atom. The minimum atomic E-state index is -0.338. The van der Waals surface area contributed by atoms with E-state index in [-0.39, 0.29) is 11.7 Å². The van der Waals surface area contributed by atoms with Gasteiger partial charge in [0.1, 0.15) is 11.0 Å². The number of hydrazone groups is 1. The molecule has 132 valence electrons. The zero-order valence-corrected chi connectivity index (χ0v) is 15.0. The Kier molecular flexibility index (Phi) is 5.14. The summed E-state index contributed by atoms with van der Waals surface area (Å²) in [6.07, 6.45) is 1.45. The highest BCUT2D eigenvalue weighted by Crippen LogP contribution is 2.22. The van der Waals surface area contributed by atoms with E-state index in [0.717, 1.165) is 5.56 Å². The molecule has 0 aliphatic rings. The van der Waals surface area contributed by atoms with Crippen molar-refractivity contribution < 1.29 is 9.18 Å². The largest absolute Gasteiger partial charge is 0.271 e. The molecule has 2 aromatic carbocycles. The standard InChI is InChI=1S/C19H16ClFN4O/c1-12-5-3-4-6-16(12)19(26)23-22-11-17-13(2)24-25(18(17)20)15-9-7-14(21)8-10-15/h3-11H,1-2H3,(H,23,26)/b22-11-. The molecule has 5 nitrogen and oxygen atoms in total. The minimum absolute atomic E-state index is 0.306. The maximum Gasteiger partial charge on any atom is 0.271 e. The third-order valence-corrected chi connectivity index (χ3v) is 4.23. The van der Waals surface area contributed by atoms with Gasteiger partial charge in [0.15, 0.2) is 0 Å². The summed E-state index contributed by atoms with van der Waals surface area (Å²) in [4.78, 5) is 12.2. The fourth-order valence-corrected chi connectivity index (χ4v) is 2.78. The van der Waals surface area contributed by atoms with Crippen LogP contribution in [0.5, 0.6) is 0 Å². The second kappa shape index (κ2) is 7.49. The number of benzene rings is 2. The molecule has 1 amide bonds. The number of hydrogen-bond acceptors (Lipinski definition) is 3. The summed E-state index contributed by atoms with van der Waals surface area (Å²) >= 11 is 6.36. The van der Waals surface area contributed by atoms with Crippen LogP contribution in [0, 0.1) is 19.7 Å². The summed E-state index contributed by atoms with van der Waals surface area (Å²) in [5.41, 5.74) is 5.73. The third kappa shape index (κ3) is 3.65. The van der Waals surface area contributed by atoms with Gasteiger partial charge in [0.05, 0.1) is 23.2 Å². The van der Waals surface area contributed by atoms with Crippen molar-refractivity contribution in [3.8, 4) is 5.69 Å². The van der Waals surface area contributed by atoms with E-state index < -0.39 is 0 Å². The number of carbonyl (C=O) groups excluding carboxylic acids is 1. The van der Waals surface area contributed by atoms with Crippen molar-refractivity contribution in [2.75, 3.05) is 0 Å². The second-order valence-electron chi connectivity index (χ2n) is 5.69. The van der Waals surface area contributed by atoms with Crippen LogP contribution in [0.1, 0.15) is 27.2 Å². The van der Waals surface area contributed by atoms with Crippen LogP contribution in [-0.2, 0) is 0 Å². The molecule has 3 aromatic rings. The number of nitrogens with zero attached hydrogens (tertiary/aromatic N) is 3. The molecular formula is C19H16ClFN4O. The van der Waals surface area contributed by atoms with Crippen LogP contribution in [0.15, 0.2) is 53.6 Å². The van der Waals surface area contributed by atoms with Crippen molar-refractivity contribution in [3.63, 3.8) is 0 Å². The van der Waals surface area contributed by atoms with Crippen molar-refractivity contribution in [3.05, 3.63) is 81.9 Å². The molecule has 7 heteroatoms. The van der Waals surface area contributed by atoms with E-state index in [1.54, 1.807) is 31.2 Å². The van der Waals surface area contributed by atoms with Crippen LogP contribution in [-0.4, -0.2) is 21.9 Å². The summed E-state index contributed by atoms with van der Waals surface area (Å²) in [6, 6.07) is 13.1. The summed E-state index contributed by atoms with van der Waals surface area (Å²) in [5, 5.41) is 8.64. The number of amides is 1. The van der Waals surface area contributed by atoms with Crippen LogP contribution in [0.4, 0.5) is 4.39 Å². The number of hydrogen-bond donors (Lipinski definition) is 1. The van der Waals surface area contributed by atoms with Gasteiger partial charge in [0.25, 0.3) is 5.91 Å². The normalized spacial score (nSPS) is 11.1. The van der Waals surface area contributed by atoms with E-state index >= 15 is 0 Å². The quantitative estimate of drug-likeness (QED) is 0.556. The molecule has 0 aliphatic carbocycles. The maximum absolute atomic E-state index is 13.1. The highest BCUT2D eigenvalue weighted by Gasteiger charge is 2.13. The van der Waals surface area contributed by atoms with Crippen molar-refractivity contribution in [2.24, 2.45) is 5.10 Å². The van der Waals surface area contributed by atoms with E-state index in [4.69, 9.17) is 11.6 Å². The van der Waals surface area contributed by atoms with Gasteiger partial charge >= 0.3 is 0 Å². The number of halogens is 2. The molecule has 0 radical (unpaired) electrons. The van der Waals surface area contributed by atoms with E-state index in [1.165, 1.54) is 23.0 Å². The molecule has 0 aliphatic heterocycles. The molecule has 0 saturated carbocycles. The molecule has 0 unspecified atom stereocenters. The Balaban J connectivity index is 1.80. The summed E-state index contributed by atoms with van der Waals surface area (Å²) in [6.45, 7) is 3.63. The lowest BCUT2D eigenvalue weighted by atomic mass is 10.1. The van der Waals surface area contributed by atoms with E-state index in [2.05, 4.69) is 15.6 Å². The molecule has 1 aromatic heterocycles. The predicted octanol–water partition coefficient (Wildman–Crippen LogP) is 4.05. The van der Waals surface area contributed by atoms with E-state index in [0.29, 0.717) is 27.7 Å². The molecule has 0 bridgehead atoms. The van der Waals surface area contributed by atoms with Crippen molar-refractivity contribution in [1.29, 1.82) is 0 Å². The Bertz CT molecular complexity index is 980. The molecule has 1 N–H and O–H groups in total. The van der Waals surface area contributed by atoms with Crippen LogP contribution in [0.25, 0.3) is 5.69 Å². The first-order chi connectivity index (χ1) is 12.5. The lowest BCUT2D eigenvalue weighted by Crippen LogP contribution is -2.18. The molecule has 1 heterocycles. The fraction of sp³-hybridized carbons (Fsp3) is 0.105. The molecule has 0 saturated heterocycles. The van der Waals surface area contributed by atoms with Crippen LogP contribution in [0.3, 0.4) is 0 Å². The first kappa shape index (κ1) is 17.8. The van der Waals surface area contributed by atoms with Gasteiger partial charge in [-0.2, -0.15) is 10.2 Å². The lowest BCUT2D eigenvalue weighted by Gasteiger charge is -2.03. The SMILES string of the molecule is Cc1ccccc1C(=O)N/N=C\c1c(C)nn(-c2ccc(F)cc2)c1Cl. The average molecular weight is 371 g/mol. The van der Waals surface area contributed by atoms with Gasteiger partial charge in [-0.25, -0.2) is 14.5 Å². The Labute approximate surface area is 155 Å². The number of aromatic nitrogens is 2. The maximum atomic E-state index is 13.1. The fourth-order valence-electron chi connectivity index (χ4n) is 2.45. The van der Waals surface area contributed by atoms with Crippen molar-refractivity contribution in [2.45, 2.75) is 13.8 Å². The summed E-state index contributed by atoms with van der Waals surface area (Å²) in [7, 11) is 0. The third-order valence-electron chi connectivity index (χ3n) is 3.87. The predicted molar refractivity (Wildman–Crippen MR) is 99.5 cm³/mol. The van der Waals surface area contributed by atoms with Gasteiger partial charge in [-0.05, 0) is 49.7 Å². The molecule has 0 spiro atoms. The van der Waals surface area contributed by atoms with Crippen LogP contribution in [0.2, 0.25) is 5.15 Å². The van der Waals surface area contributed by atoms with Gasteiger partial charge in [-0.15, -0.1) is 0 Å². The molecular weight excluding hydrogens is 355 g/mol. The summed E-state index contributed by atoms with van der Waals surface area (Å²) in [5.74, 6) is -0.645. The molecule has 26 heavy (non-hydrogen) atoms. The number of nitrogens with one attached hydrogen (secondary N) is 1.